The third-order valence-corrected chi connectivity index (χ3v) is 2.33. The van der Waals surface area contributed by atoms with Crippen LogP contribution in [0.15, 0.2) is 12.1 Å². The van der Waals surface area contributed by atoms with Crippen LogP contribution in [0.25, 0.3) is 0 Å². The number of carboxylic acid groups (broad SMARTS) is 1. The zero-order chi connectivity index (χ0) is 13.9. The Morgan fingerprint density at radius 2 is 2.06 bits per heavy atom. The molecule has 0 radical (unpaired) electrons. The zero-order valence-electron chi connectivity index (χ0n) is 9.84. The van der Waals surface area contributed by atoms with Gasteiger partial charge in [0.05, 0.1) is 0 Å². The number of hydrogen-bond donors (Lipinski definition) is 3. The highest BCUT2D eigenvalue weighted by molar-refractivity contribution is 5.95. The van der Waals surface area contributed by atoms with E-state index in [4.69, 9.17) is 5.11 Å². The number of aromatic amines is 1. The molecule has 0 aliphatic heterocycles. The third-order valence-electron chi connectivity index (χ3n) is 2.33. The van der Waals surface area contributed by atoms with Crippen LogP contribution in [0.2, 0.25) is 0 Å². The molecule has 1 rings (SSSR count). The van der Waals surface area contributed by atoms with Crippen LogP contribution in [0.4, 0.5) is 5.82 Å². The van der Waals surface area contributed by atoms with E-state index in [0.717, 1.165) is 6.07 Å². The second-order valence-electron chi connectivity index (χ2n) is 4.05. The van der Waals surface area contributed by atoms with Gasteiger partial charge in [-0.15, -0.1) is 0 Å². The van der Waals surface area contributed by atoms with Crippen LogP contribution >= 0.6 is 0 Å². The van der Waals surface area contributed by atoms with Crippen LogP contribution < -0.4 is 5.32 Å². The third kappa shape index (κ3) is 3.06. The molecule has 1 amide bonds. The van der Waals surface area contributed by atoms with Crippen molar-refractivity contribution >= 4 is 17.7 Å². The summed E-state index contributed by atoms with van der Waals surface area (Å²) < 4.78 is 0. The number of nitrogens with zero attached hydrogens (tertiary/aromatic N) is 1. The van der Waals surface area contributed by atoms with Crippen molar-refractivity contribution in [3.8, 4) is 0 Å². The van der Waals surface area contributed by atoms with Crippen LogP contribution in [0.1, 0.15) is 24.3 Å². The molecule has 8 heteroatoms. The van der Waals surface area contributed by atoms with Crippen molar-refractivity contribution in [2.24, 2.45) is 5.92 Å². The van der Waals surface area contributed by atoms with E-state index >= 15 is 0 Å². The predicted octanol–water partition coefficient (Wildman–Crippen LogP) is 0.762. The van der Waals surface area contributed by atoms with Gasteiger partial charge in [-0.05, 0) is 16.9 Å². The quantitative estimate of drug-likeness (QED) is 0.529. The predicted molar refractivity (Wildman–Crippen MR) is 61.2 cm³/mol. The lowest BCUT2D eigenvalue weighted by Gasteiger charge is -2.16. The fourth-order valence-corrected chi connectivity index (χ4v) is 1.36. The molecule has 0 saturated carbocycles. The van der Waals surface area contributed by atoms with Crippen molar-refractivity contribution in [2.75, 3.05) is 0 Å². The van der Waals surface area contributed by atoms with Crippen molar-refractivity contribution in [1.82, 2.24) is 10.3 Å². The summed E-state index contributed by atoms with van der Waals surface area (Å²) in [6, 6.07) is 1.33. The number of hydrogen-bond acceptors (Lipinski definition) is 4. The highest BCUT2D eigenvalue weighted by Crippen LogP contribution is 2.10. The van der Waals surface area contributed by atoms with Gasteiger partial charge in [0.1, 0.15) is 6.04 Å². The smallest absolute Gasteiger partial charge is 0.326 e. The Balaban J connectivity index is 2.80. The number of aliphatic carboxylic acids is 1. The van der Waals surface area contributed by atoms with Crippen molar-refractivity contribution < 1.29 is 19.6 Å². The van der Waals surface area contributed by atoms with Crippen molar-refractivity contribution in [1.29, 1.82) is 0 Å². The van der Waals surface area contributed by atoms with Crippen molar-refractivity contribution in [3.05, 3.63) is 27.9 Å². The van der Waals surface area contributed by atoms with Gasteiger partial charge >= 0.3 is 11.8 Å². The van der Waals surface area contributed by atoms with E-state index in [0.29, 0.717) is 0 Å². The normalized spacial score (nSPS) is 12.2. The van der Waals surface area contributed by atoms with E-state index in [1.807, 2.05) is 0 Å². The number of carbonyl (C=O) groups is 2. The van der Waals surface area contributed by atoms with Crippen LogP contribution in [-0.4, -0.2) is 32.9 Å². The van der Waals surface area contributed by atoms with Crippen LogP contribution in [0.5, 0.6) is 0 Å². The minimum Gasteiger partial charge on any atom is -0.480 e. The summed E-state index contributed by atoms with van der Waals surface area (Å²) in [5.74, 6) is -2.46. The maximum absolute atomic E-state index is 11.7. The number of aromatic nitrogens is 1. The Morgan fingerprint density at radius 3 is 2.44 bits per heavy atom. The van der Waals surface area contributed by atoms with Gasteiger partial charge in [-0.1, -0.05) is 13.8 Å². The van der Waals surface area contributed by atoms with Crippen LogP contribution in [0.3, 0.4) is 0 Å². The number of H-pyrrole nitrogens is 1. The van der Waals surface area contributed by atoms with E-state index in [-0.39, 0.29) is 17.4 Å². The van der Waals surface area contributed by atoms with Gasteiger partial charge < -0.3 is 20.5 Å². The van der Waals surface area contributed by atoms with Crippen molar-refractivity contribution in [2.45, 2.75) is 19.9 Å². The summed E-state index contributed by atoms with van der Waals surface area (Å²) in [6.07, 6.45) is 0. The minimum absolute atomic E-state index is 0.0476. The summed E-state index contributed by atoms with van der Waals surface area (Å²) in [6.45, 7) is 3.30. The summed E-state index contributed by atoms with van der Waals surface area (Å²) in [7, 11) is 0. The van der Waals surface area contributed by atoms with Gasteiger partial charge in [-0.25, -0.2) is 9.78 Å². The fraction of sp³-hybridized carbons (Fsp3) is 0.400. The SMILES string of the molecule is CC(C)[C@@H](NC(=O)c1ccc([N+](=O)[O-])[nH]1)C(=O)O. The van der Waals surface area contributed by atoms with E-state index in [1.165, 1.54) is 6.07 Å². The molecule has 1 aromatic rings. The van der Waals surface area contributed by atoms with Gasteiger partial charge in [0.2, 0.25) is 0 Å². The van der Waals surface area contributed by atoms with Gasteiger partial charge in [0.25, 0.3) is 5.91 Å². The zero-order valence-corrected chi connectivity index (χ0v) is 9.84. The highest BCUT2D eigenvalue weighted by atomic mass is 16.6. The van der Waals surface area contributed by atoms with Gasteiger partial charge in [0, 0.05) is 6.07 Å². The minimum atomic E-state index is -1.15. The lowest BCUT2D eigenvalue weighted by atomic mass is 10.0. The summed E-state index contributed by atoms with van der Waals surface area (Å²) >= 11 is 0. The number of carbonyl (C=O) groups excluding carboxylic acids is 1. The molecule has 0 saturated heterocycles. The Kier molecular flexibility index (Phi) is 4.03. The number of nitrogens with one attached hydrogen (secondary N) is 2. The molecule has 0 fully saturated rings. The molecule has 3 N–H and O–H groups in total. The van der Waals surface area contributed by atoms with Gasteiger partial charge in [-0.3, -0.25) is 4.79 Å². The first kappa shape index (κ1) is 13.7. The first-order chi connectivity index (χ1) is 8.32. The summed E-state index contributed by atoms with van der Waals surface area (Å²) in [5, 5.41) is 21.6. The maximum Gasteiger partial charge on any atom is 0.326 e. The Morgan fingerprint density at radius 1 is 1.44 bits per heavy atom. The monoisotopic (exact) mass is 255 g/mol. The largest absolute Gasteiger partial charge is 0.480 e. The average molecular weight is 255 g/mol. The Hall–Kier alpha value is -2.38. The maximum atomic E-state index is 11.7. The first-order valence-corrected chi connectivity index (χ1v) is 5.20. The summed E-state index contributed by atoms with van der Waals surface area (Å²) in [5.41, 5.74) is -0.0476. The topological polar surface area (TPSA) is 125 Å². The number of carboxylic acids is 1. The standard InChI is InChI=1S/C10H13N3O5/c1-5(2)8(10(15)16)12-9(14)6-3-4-7(11-6)13(17)18/h3-5,8,11H,1-2H3,(H,12,14)(H,15,16)/t8-/m1/s1. The molecule has 0 spiro atoms. The second-order valence-corrected chi connectivity index (χ2v) is 4.05. The summed E-state index contributed by atoms with van der Waals surface area (Å²) in [4.78, 5) is 34.6. The molecule has 1 aromatic heterocycles. The Bertz CT molecular complexity index is 480. The van der Waals surface area contributed by atoms with Crippen LogP contribution in [0, 0.1) is 16.0 Å². The van der Waals surface area contributed by atoms with E-state index in [2.05, 4.69) is 10.3 Å². The van der Waals surface area contributed by atoms with E-state index in [9.17, 15) is 19.7 Å². The number of nitro groups is 1. The molecular formula is C10H13N3O5. The molecule has 8 nitrogen and oxygen atoms in total. The lowest BCUT2D eigenvalue weighted by Crippen LogP contribution is -2.44. The number of rotatable bonds is 5. The molecule has 18 heavy (non-hydrogen) atoms. The van der Waals surface area contributed by atoms with E-state index < -0.39 is 22.8 Å². The molecule has 1 atom stereocenters. The van der Waals surface area contributed by atoms with Crippen molar-refractivity contribution in [3.63, 3.8) is 0 Å². The molecule has 0 aliphatic rings. The second kappa shape index (κ2) is 5.30. The molecule has 0 aliphatic carbocycles. The molecule has 0 bridgehead atoms. The van der Waals surface area contributed by atoms with Crippen LogP contribution in [-0.2, 0) is 4.79 Å². The highest BCUT2D eigenvalue weighted by Gasteiger charge is 2.26. The van der Waals surface area contributed by atoms with Gasteiger partial charge in [0.15, 0.2) is 5.69 Å². The Labute approximate surface area is 102 Å². The number of amides is 1. The molecule has 0 aromatic carbocycles. The van der Waals surface area contributed by atoms with E-state index in [1.54, 1.807) is 13.8 Å². The molecule has 98 valence electrons. The lowest BCUT2D eigenvalue weighted by molar-refractivity contribution is -0.389. The average Bonchev–Trinajstić information content (AvgIpc) is 2.73. The fourth-order valence-electron chi connectivity index (χ4n) is 1.36. The first-order valence-electron chi connectivity index (χ1n) is 5.20. The molecule has 0 unspecified atom stereocenters. The van der Waals surface area contributed by atoms with Gasteiger partial charge in [-0.2, -0.15) is 0 Å². The molecular weight excluding hydrogens is 242 g/mol. The molecule has 1 heterocycles.